The van der Waals surface area contributed by atoms with Crippen LogP contribution in [-0.2, 0) is 10.0 Å². The number of anilines is 1. The van der Waals surface area contributed by atoms with Crippen molar-refractivity contribution >= 4 is 31.6 Å². The Labute approximate surface area is 91.7 Å². The molecular formula is C8H11BrN2O2S. The fraction of sp³-hybridized carbons (Fsp3) is 0.250. The first-order valence-corrected chi connectivity index (χ1v) is 6.29. The molecule has 0 saturated carbocycles. The standard InChI is InChI=1S/C8H11BrN2O2S/c1-2-11-14(12,13)8-5-6(10)3-4-7(8)9/h3-5,11H,2,10H2,1H3. The Bertz CT molecular complexity index is 431. The molecule has 0 atom stereocenters. The Morgan fingerprint density at radius 3 is 2.71 bits per heavy atom. The quantitative estimate of drug-likeness (QED) is 0.820. The number of hydrogen-bond acceptors (Lipinski definition) is 3. The number of benzene rings is 1. The summed E-state index contributed by atoms with van der Waals surface area (Å²) in [6, 6.07) is 4.66. The highest BCUT2D eigenvalue weighted by Crippen LogP contribution is 2.23. The van der Waals surface area contributed by atoms with Crippen molar-refractivity contribution in [3.8, 4) is 0 Å². The molecule has 0 radical (unpaired) electrons. The number of nitrogen functional groups attached to an aromatic ring is 1. The third-order valence-electron chi connectivity index (χ3n) is 1.58. The molecule has 3 N–H and O–H groups in total. The van der Waals surface area contributed by atoms with Gasteiger partial charge in [0.15, 0.2) is 0 Å². The van der Waals surface area contributed by atoms with Crippen molar-refractivity contribution in [2.75, 3.05) is 12.3 Å². The number of rotatable bonds is 3. The Morgan fingerprint density at radius 1 is 1.50 bits per heavy atom. The van der Waals surface area contributed by atoms with E-state index in [2.05, 4.69) is 20.7 Å². The smallest absolute Gasteiger partial charge is 0.241 e. The van der Waals surface area contributed by atoms with Gasteiger partial charge in [-0.15, -0.1) is 0 Å². The monoisotopic (exact) mass is 278 g/mol. The lowest BCUT2D eigenvalue weighted by atomic mass is 10.3. The van der Waals surface area contributed by atoms with E-state index in [1.807, 2.05) is 0 Å². The van der Waals surface area contributed by atoms with E-state index in [1.54, 1.807) is 19.1 Å². The number of nitrogens with one attached hydrogen (secondary N) is 1. The van der Waals surface area contributed by atoms with Gasteiger partial charge in [-0.2, -0.15) is 0 Å². The lowest BCUT2D eigenvalue weighted by Crippen LogP contribution is -2.23. The average molecular weight is 279 g/mol. The van der Waals surface area contributed by atoms with E-state index in [-0.39, 0.29) is 4.90 Å². The molecule has 6 heteroatoms. The number of nitrogens with two attached hydrogens (primary N) is 1. The molecule has 0 aromatic heterocycles. The Kier molecular flexibility index (Phi) is 3.52. The minimum Gasteiger partial charge on any atom is -0.399 e. The van der Waals surface area contributed by atoms with E-state index in [1.165, 1.54) is 6.07 Å². The minimum atomic E-state index is -3.44. The normalized spacial score (nSPS) is 11.6. The fourth-order valence-corrected chi connectivity index (χ4v) is 3.03. The molecule has 1 aromatic rings. The summed E-state index contributed by atoms with van der Waals surface area (Å²) in [5, 5.41) is 0. The van der Waals surface area contributed by atoms with Gasteiger partial charge in [-0.05, 0) is 34.1 Å². The van der Waals surface area contributed by atoms with Crippen molar-refractivity contribution < 1.29 is 8.42 Å². The van der Waals surface area contributed by atoms with E-state index in [0.717, 1.165) is 0 Å². The molecule has 0 aliphatic heterocycles. The van der Waals surface area contributed by atoms with Gasteiger partial charge in [0.25, 0.3) is 0 Å². The zero-order valence-electron chi connectivity index (χ0n) is 7.62. The molecule has 0 saturated heterocycles. The van der Waals surface area contributed by atoms with E-state index in [4.69, 9.17) is 5.73 Å². The Hall–Kier alpha value is -0.590. The third kappa shape index (κ3) is 2.46. The van der Waals surface area contributed by atoms with Crippen LogP contribution in [0.5, 0.6) is 0 Å². The van der Waals surface area contributed by atoms with Gasteiger partial charge in [-0.3, -0.25) is 0 Å². The van der Waals surface area contributed by atoms with Crippen LogP contribution in [0.2, 0.25) is 0 Å². The van der Waals surface area contributed by atoms with Gasteiger partial charge in [0, 0.05) is 16.7 Å². The van der Waals surface area contributed by atoms with Gasteiger partial charge in [-0.1, -0.05) is 6.92 Å². The maximum atomic E-state index is 11.6. The Morgan fingerprint density at radius 2 is 2.14 bits per heavy atom. The molecular weight excluding hydrogens is 268 g/mol. The lowest BCUT2D eigenvalue weighted by Gasteiger charge is -2.07. The molecule has 78 valence electrons. The molecule has 0 aliphatic rings. The largest absolute Gasteiger partial charge is 0.399 e. The summed E-state index contributed by atoms with van der Waals surface area (Å²) >= 11 is 3.16. The summed E-state index contributed by atoms with van der Waals surface area (Å²) in [6.45, 7) is 2.07. The van der Waals surface area contributed by atoms with Crippen molar-refractivity contribution in [1.29, 1.82) is 0 Å². The zero-order chi connectivity index (χ0) is 10.8. The van der Waals surface area contributed by atoms with Crippen LogP contribution in [0.25, 0.3) is 0 Å². The minimum absolute atomic E-state index is 0.166. The van der Waals surface area contributed by atoms with Gasteiger partial charge in [-0.25, -0.2) is 13.1 Å². The van der Waals surface area contributed by atoms with Crippen LogP contribution in [0.15, 0.2) is 27.6 Å². The Balaban J connectivity index is 3.25. The molecule has 14 heavy (non-hydrogen) atoms. The van der Waals surface area contributed by atoms with Gasteiger partial charge in [0.1, 0.15) is 0 Å². The number of halogens is 1. The second-order valence-corrected chi connectivity index (χ2v) is 5.28. The first-order chi connectivity index (χ1) is 6.47. The van der Waals surface area contributed by atoms with Crippen LogP contribution in [-0.4, -0.2) is 15.0 Å². The van der Waals surface area contributed by atoms with E-state index in [0.29, 0.717) is 16.7 Å². The third-order valence-corrected chi connectivity index (χ3v) is 4.12. The molecule has 0 bridgehead atoms. The topological polar surface area (TPSA) is 72.2 Å². The number of hydrogen-bond donors (Lipinski definition) is 2. The summed E-state index contributed by atoms with van der Waals surface area (Å²) in [7, 11) is -3.44. The highest BCUT2D eigenvalue weighted by atomic mass is 79.9. The molecule has 0 unspecified atom stereocenters. The molecule has 0 amide bonds. The van der Waals surface area contributed by atoms with Crippen molar-refractivity contribution in [3.05, 3.63) is 22.7 Å². The molecule has 4 nitrogen and oxygen atoms in total. The summed E-state index contributed by atoms with van der Waals surface area (Å²) < 4.78 is 26.1. The SMILES string of the molecule is CCNS(=O)(=O)c1cc(N)ccc1Br. The van der Waals surface area contributed by atoms with Crippen LogP contribution < -0.4 is 10.5 Å². The summed E-state index contributed by atoms with van der Waals surface area (Å²) in [5.74, 6) is 0. The molecule has 0 heterocycles. The van der Waals surface area contributed by atoms with Crippen molar-refractivity contribution in [1.82, 2.24) is 4.72 Å². The maximum absolute atomic E-state index is 11.6. The molecule has 1 aromatic carbocycles. The van der Waals surface area contributed by atoms with Crippen molar-refractivity contribution in [2.45, 2.75) is 11.8 Å². The van der Waals surface area contributed by atoms with Crippen LogP contribution in [0.1, 0.15) is 6.92 Å². The first-order valence-electron chi connectivity index (χ1n) is 4.02. The van der Waals surface area contributed by atoms with Crippen molar-refractivity contribution in [3.63, 3.8) is 0 Å². The average Bonchev–Trinajstić information content (AvgIpc) is 2.09. The van der Waals surface area contributed by atoms with Crippen LogP contribution >= 0.6 is 15.9 Å². The summed E-state index contributed by atoms with van der Waals surface area (Å²) in [5.41, 5.74) is 5.93. The van der Waals surface area contributed by atoms with Crippen LogP contribution in [0, 0.1) is 0 Å². The highest BCUT2D eigenvalue weighted by molar-refractivity contribution is 9.10. The zero-order valence-corrected chi connectivity index (χ0v) is 10.0. The lowest BCUT2D eigenvalue weighted by molar-refractivity contribution is 0.583. The van der Waals surface area contributed by atoms with Crippen molar-refractivity contribution in [2.24, 2.45) is 0 Å². The predicted octanol–water partition coefficient (Wildman–Crippen LogP) is 1.33. The van der Waals surface area contributed by atoms with Gasteiger partial charge in [0.2, 0.25) is 10.0 Å². The van der Waals surface area contributed by atoms with E-state index >= 15 is 0 Å². The fourth-order valence-electron chi connectivity index (χ4n) is 0.994. The second kappa shape index (κ2) is 4.29. The molecule has 0 spiro atoms. The first kappa shape index (κ1) is 11.5. The number of sulfonamides is 1. The molecule has 0 fully saturated rings. The van der Waals surface area contributed by atoms with Crippen LogP contribution in [0.4, 0.5) is 5.69 Å². The van der Waals surface area contributed by atoms with Gasteiger partial charge < -0.3 is 5.73 Å². The molecule has 0 aliphatic carbocycles. The summed E-state index contributed by atoms with van der Waals surface area (Å²) in [4.78, 5) is 0.166. The highest BCUT2D eigenvalue weighted by Gasteiger charge is 2.16. The maximum Gasteiger partial charge on any atom is 0.241 e. The van der Waals surface area contributed by atoms with E-state index in [9.17, 15) is 8.42 Å². The molecule has 1 rings (SSSR count). The summed E-state index contributed by atoms with van der Waals surface area (Å²) in [6.07, 6.45) is 0. The van der Waals surface area contributed by atoms with E-state index < -0.39 is 10.0 Å². The second-order valence-electron chi connectivity index (χ2n) is 2.69. The van der Waals surface area contributed by atoms with Crippen LogP contribution in [0.3, 0.4) is 0 Å². The van der Waals surface area contributed by atoms with Gasteiger partial charge in [0.05, 0.1) is 4.90 Å². The predicted molar refractivity (Wildman–Crippen MR) is 59.4 cm³/mol. The van der Waals surface area contributed by atoms with Gasteiger partial charge >= 0.3 is 0 Å².